The maximum atomic E-state index is 12.1. The molecule has 4 aromatic rings. The van der Waals surface area contributed by atoms with E-state index in [-0.39, 0.29) is 17.6 Å². The van der Waals surface area contributed by atoms with Crippen molar-refractivity contribution < 1.29 is 23.5 Å². The van der Waals surface area contributed by atoms with E-state index in [1.165, 1.54) is 18.4 Å². The number of hydrogen-bond donors (Lipinski definition) is 3. The molecule has 2 aromatic heterocycles. The Hall–Kier alpha value is -4.76. The van der Waals surface area contributed by atoms with Crippen LogP contribution in [-0.4, -0.2) is 42.4 Å². The van der Waals surface area contributed by atoms with Crippen LogP contribution in [0.1, 0.15) is 19.3 Å². The minimum absolute atomic E-state index is 0.115. The van der Waals surface area contributed by atoms with E-state index < -0.39 is 0 Å². The number of aromatic nitrogens is 3. The standard InChI is InChI=1S/C26H26N6O5S/c1-5-6-7-11-20(33)28-16-10-8-9-15(12-16)24-31-25(37-32-24)22-23(27)30-26(38-22)29-17-13-18(34-2)21(36-4)19(14-17)35-3/h1,8-10,12-14H,6-7,11,27H2,2-4H3,(H,28,33)(H,29,30). The minimum Gasteiger partial charge on any atom is -0.493 e. The predicted octanol–water partition coefficient (Wildman–Crippen LogP) is 4.95. The van der Waals surface area contributed by atoms with Crippen molar-refractivity contribution in [3.05, 3.63) is 36.4 Å². The molecule has 11 nitrogen and oxygen atoms in total. The van der Waals surface area contributed by atoms with Gasteiger partial charge in [0.05, 0.1) is 21.3 Å². The van der Waals surface area contributed by atoms with E-state index in [2.05, 4.69) is 31.7 Å². The van der Waals surface area contributed by atoms with Crippen molar-refractivity contribution in [2.45, 2.75) is 19.3 Å². The highest BCUT2D eigenvalue weighted by Crippen LogP contribution is 2.42. The lowest BCUT2D eigenvalue weighted by Crippen LogP contribution is -2.10. The number of rotatable bonds is 11. The third-order valence-electron chi connectivity index (χ3n) is 5.32. The number of nitrogen functional groups attached to an aromatic ring is 1. The number of unbranched alkanes of at least 4 members (excludes halogenated alkanes) is 1. The molecule has 0 aliphatic heterocycles. The number of ether oxygens (including phenoxy) is 3. The zero-order valence-corrected chi connectivity index (χ0v) is 21.8. The molecule has 1 amide bonds. The third-order valence-corrected chi connectivity index (χ3v) is 6.29. The SMILES string of the molecule is C#CCCCC(=O)Nc1cccc(-c2noc(-c3sc(Nc4cc(OC)c(OC)c(OC)c4)nc3N)n2)c1. The summed E-state index contributed by atoms with van der Waals surface area (Å²) in [5, 5.41) is 10.6. The fourth-order valence-corrected chi connectivity index (χ4v) is 4.39. The quantitative estimate of drug-likeness (QED) is 0.178. The Morgan fingerprint density at radius 1 is 1.11 bits per heavy atom. The van der Waals surface area contributed by atoms with Gasteiger partial charge in [0.15, 0.2) is 16.6 Å². The third kappa shape index (κ3) is 5.96. The number of nitrogens with zero attached hydrogens (tertiary/aromatic N) is 3. The number of hydrogen-bond acceptors (Lipinski definition) is 11. The summed E-state index contributed by atoms with van der Waals surface area (Å²) in [6, 6.07) is 10.7. The van der Waals surface area contributed by atoms with E-state index in [9.17, 15) is 4.79 Å². The highest BCUT2D eigenvalue weighted by molar-refractivity contribution is 7.19. The van der Waals surface area contributed by atoms with Crippen molar-refractivity contribution in [2.75, 3.05) is 37.7 Å². The Kier molecular flexibility index (Phi) is 8.30. The second kappa shape index (κ2) is 12.0. The van der Waals surface area contributed by atoms with E-state index in [4.69, 9.17) is 30.9 Å². The first-order valence-electron chi connectivity index (χ1n) is 11.5. The molecule has 0 radical (unpaired) electrons. The van der Waals surface area contributed by atoms with Crippen LogP contribution in [0.3, 0.4) is 0 Å². The predicted molar refractivity (Wildman–Crippen MR) is 146 cm³/mol. The molecule has 0 aliphatic carbocycles. The molecule has 12 heteroatoms. The molecule has 4 rings (SSSR count). The summed E-state index contributed by atoms with van der Waals surface area (Å²) >= 11 is 1.25. The Labute approximate surface area is 223 Å². The lowest BCUT2D eigenvalue weighted by molar-refractivity contribution is -0.116. The van der Waals surface area contributed by atoms with Gasteiger partial charge < -0.3 is 35.1 Å². The highest BCUT2D eigenvalue weighted by Gasteiger charge is 2.20. The number of amides is 1. The molecule has 4 N–H and O–H groups in total. The molecule has 0 unspecified atom stereocenters. The number of nitrogens with two attached hydrogens (primary N) is 1. The summed E-state index contributed by atoms with van der Waals surface area (Å²) in [4.78, 5) is 21.5. The second-order valence-electron chi connectivity index (χ2n) is 7.88. The van der Waals surface area contributed by atoms with E-state index in [0.29, 0.717) is 69.3 Å². The van der Waals surface area contributed by atoms with Crippen LogP contribution in [0, 0.1) is 12.3 Å². The summed E-state index contributed by atoms with van der Waals surface area (Å²) in [5.74, 6) is 4.66. The van der Waals surface area contributed by atoms with E-state index in [1.807, 2.05) is 6.07 Å². The number of methoxy groups -OCH3 is 3. The molecule has 0 saturated carbocycles. The number of terminal acetylenes is 1. The lowest BCUT2D eigenvalue weighted by atomic mass is 10.2. The second-order valence-corrected chi connectivity index (χ2v) is 8.88. The van der Waals surface area contributed by atoms with Crippen molar-refractivity contribution in [3.8, 4) is 51.7 Å². The first-order chi connectivity index (χ1) is 18.4. The molecule has 0 aliphatic rings. The average molecular weight is 535 g/mol. The van der Waals surface area contributed by atoms with Gasteiger partial charge in [-0.2, -0.15) is 4.98 Å². The molecule has 0 fully saturated rings. The van der Waals surface area contributed by atoms with Gasteiger partial charge in [0, 0.05) is 41.9 Å². The molecule has 0 atom stereocenters. The molecule has 0 spiro atoms. The van der Waals surface area contributed by atoms with E-state index in [0.717, 1.165) is 0 Å². The van der Waals surface area contributed by atoms with Crippen molar-refractivity contribution in [2.24, 2.45) is 0 Å². The fraction of sp³-hybridized carbons (Fsp3) is 0.231. The largest absolute Gasteiger partial charge is 0.493 e. The highest BCUT2D eigenvalue weighted by atomic mass is 32.1. The zero-order valence-electron chi connectivity index (χ0n) is 21.0. The molecule has 38 heavy (non-hydrogen) atoms. The van der Waals surface area contributed by atoms with Gasteiger partial charge in [-0.1, -0.05) is 28.6 Å². The summed E-state index contributed by atoms with van der Waals surface area (Å²) in [5.41, 5.74) is 8.11. The van der Waals surface area contributed by atoms with Crippen molar-refractivity contribution in [3.63, 3.8) is 0 Å². The molecule has 0 saturated heterocycles. The lowest BCUT2D eigenvalue weighted by Gasteiger charge is -2.14. The van der Waals surface area contributed by atoms with E-state index in [1.54, 1.807) is 44.6 Å². The topological polar surface area (TPSA) is 147 Å². The summed E-state index contributed by atoms with van der Waals surface area (Å²) < 4.78 is 21.6. The maximum absolute atomic E-state index is 12.1. The van der Waals surface area contributed by atoms with Crippen molar-refractivity contribution in [1.29, 1.82) is 0 Å². The minimum atomic E-state index is -0.115. The first-order valence-corrected chi connectivity index (χ1v) is 12.3. The van der Waals surface area contributed by atoms with Gasteiger partial charge in [0.2, 0.25) is 17.5 Å². The fourth-order valence-electron chi connectivity index (χ4n) is 3.56. The van der Waals surface area contributed by atoms with Crippen LogP contribution in [0.2, 0.25) is 0 Å². The van der Waals surface area contributed by atoms with Gasteiger partial charge in [-0.05, 0) is 18.6 Å². The zero-order chi connectivity index (χ0) is 27.1. The van der Waals surface area contributed by atoms with Gasteiger partial charge >= 0.3 is 0 Å². The van der Waals surface area contributed by atoms with Crippen molar-refractivity contribution >= 4 is 39.6 Å². The first kappa shape index (κ1) is 26.3. The molecular weight excluding hydrogens is 508 g/mol. The molecule has 2 heterocycles. The normalized spacial score (nSPS) is 10.5. The Balaban J connectivity index is 1.51. The summed E-state index contributed by atoms with van der Waals surface area (Å²) in [6.07, 6.45) is 6.77. The van der Waals surface area contributed by atoms with Crippen molar-refractivity contribution in [1.82, 2.24) is 15.1 Å². The van der Waals surface area contributed by atoms with Gasteiger partial charge in [-0.25, -0.2) is 4.98 Å². The smallest absolute Gasteiger partial charge is 0.272 e. The Morgan fingerprint density at radius 3 is 2.55 bits per heavy atom. The summed E-state index contributed by atoms with van der Waals surface area (Å²) in [6.45, 7) is 0. The number of benzene rings is 2. The van der Waals surface area contributed by atoms with Gasteiger partial charge in [-0.15, -0.1) is 12.3 Å². The van der Waals surface area contributed by atoms with Gasteiger partial charge in [-0.3, -0.25) is 4.79 Å². The van der Waals surface area contributed by atoms with Gasteiger partial charge in [0.25, 0.3) is 5.89 Å². The van der Waals surface area contributed by atoms with Crippen LogP contribution >= 0.6 is 11.3 Å². The number of carbonyl (C=O) groups is 1. The van der Waals surface area contributed by atoms with E-state index >= 15 is 0 Å². The van der Waals surface area contributed by atoms with Crippen LogP contribution < -0.4 is 30.6 Å². The monoisotopic (exact) mass is 534 g/mol. The summed E-state index contributed by atoms with van der Waals surface area (Å²) in [7, 11) is 4.62. The van der Waals surface area contributed by atoms with Crippen LogP contribution in [0.4, 0.5) is 22.3 Å². The van der Waals surface area contributed by atoms with Crippen LogP contribution in [0.15, 0.2) is 40.9 Å². The molecule has 0 bridgehead atoms. The van der Waals surface area contributed by atoms with Crippen LogP contribution in [0.25, 0.3) is 22.2 Å². The van der Waals surface area contributed by atoms with Crippen LogP contribution in [0.5, 0.6) is 17.2 Å². The maximum Gasteiger partial charge on any atom is 0.272 e. The molecule has 196 valence electrons. The van der Waals surface area contributed by atoms with Crippen LogP contribution in [-0.2, 0) is 4.79 Å². The molecule has 2 aromatic carbocycles. The number of thiazole rings is 1. The average Bonchev–Trinajstić information content (AvgIpc) is 3.55. The number of carbonyl (C=O) groups excluding carboxylic acids is 1. The van der Waals surface area contributed by atoms with Gasteiger partial charge in [0.1, 0.15) is 10.7 Å². The Bertz CT molecular complexity index is 1450. The molecular formula is C26H26N6O5S. The number of nitrogens with one attached hydrogen (secondary N) is 2. The number of anilines is 4. The Morgan fingerprint density at radius 2 is 1.87 bits per heavy atom.